The topological polar surface area (TPSA) is 29.5 Å². The molecule has 0 aliphatic heterocycles. The summed E-state index contributed by atoms with van der Waals surface area (Å²) in [4.78, 5) is 0. The molecule has 0 bridgehead atoms. The zero-order valence-electron chi connectivity index (χ0n) is 11.7. The van der Waals surface area contributed by atoms with E-state index in [4.69, 9.17) is 4.74 Å². The van der Waals surface area contributed by atoms with Crippen molar-refractivity contribution in [2.45, 2.75) is 45.1 Å². The molecular formula is C16H23BrO2. The Labute approximate surface area is 124 Å². The molecule has 19 heavy (non-hydrogen) atoms. The molecule has 2 rings (SSSR count). The second kappa shape index (κ2) is 6.76. The lowest BCUT2D eigenvalue weighted by atomic mass is 9.76. The molecule has 3 unspecified atom stereocenters. The van der Waals surface area contributed by atoms with Crippen LogP contribution >= 0.6 is 15.9 Å². The Balaban J connectivity index is 2.12. The minimum absolute atomic E-state index is 0.161. The first-order chi connectivity index (χ1) is 9.13. The highest BCUT2D eigenvalue weighted by Gasteiger charge is 2.29. The van der Waals surface area contributed by atoms with E-state index in [1.807, 2.05) is 12.1 Å². The Hall–Kier alpha value is -0.540. The summed E-state index contributed by atoms with van der Waals surface area (Å²) in [6.07, 6.45) is 5.21. The minimum atomic E-state index is -0.161. The van der Waals surface area contributed by atoms with Crippen molar-refractivity contribution in [2.75, 3.05) is 7.11 Å². The molecule has 3 heteroatoms. The largest absolute Gasteiger partial charge is 0.496 e. The van der Waals surface area contributed by atoms with Crippen molar-refractivity contribution in [3.63, 3.8) is 0 Å². The number of methoxy groups -OCH3 is 1. The molecule has 1 fully saturated rings. The van der Waals surface area contributed by atoms with E-state index in [2.05, 4.69) is 28.9 Å². The minimum Gasteiger partial charge on any atom is -0.496 e. The Morgan fingerprint density at radius 3 is 2.84 bits per heavy atom. The normalized spacial score (nSPS) is 27.3. The van der Waals surface area contributed by atoms with Crippen LogP contribution in [0.15, 0.2) is 22.7 Å². The van der Waals surface area contributed by atoms with Gasteiger partial charge in [0.25, 0.3) is 0 Å². The first kappa shape index (κ1) is 14.9. The molecule has 1 saturated carbocycles. The highest BCUT2D eigenvalue weighted by atomic mass is 79.9. The smallest absolute Gasteiger partial charge is 0.122 e. The van der Waals surface area contributed by atoms with Crippen LogP contribution in [0.3, 0.4) is 0 Å². The molecule has 1 N–H and O–H groups in total. The van der Waals surface area contributed by atoms with Crippen LogP contribution in [-0.4, -0.2) is 18.3 Å². The average Bonchev–Trinajstić information content (AvgIpc) is 2.41. The molecule has 1 aromatic rings. The van der Waals surface area contributed by atoms with E-state index in [0.717, 1.165) is 35.4 Å². The first-order valence-corrected chi connectivity index (χ1v) is 7.93. The van der Waals surface area contributed by atoms with E-state index in [0.29, 0.717) is 5.92 Å². The van der Waals surface area contributed by atoms with E-state index in [1.165, 1.54) is 18.4 Å². The monoisotopic (exact) mass is 326 g/mol. The highest BCUT2D eigenvalue weighted by Crippen LogP contribution is 2.35. The maximum Gasteiger partial charge on any atom is 0.122 e. The molecule has 1 aliphatic rings. The molecular weight excluding hydrogens is 304 g/mol. The lowest BCUT2D eigenvalue weighted by molar-refractivity contribution is 0.0472. The van der Waals surface area contributed by atoms with E-state index in [9.17, 15) is 5.11 Å². The maximum absolute atomic E-state index is 10.2. The number of hydrogen-bond donors (Lipinski definition) is 1. The van der Waals surface area contributed by atoms with Crippen molar-refractivity contribution in [2.24, 2.45) is 11.8 Å². The number of hydrogen-bond acceptors (Lipinski definition) is 2. The second-order valence-corrected chi connectivity index (χ2v) is 6.49. The molecule has 0 heterocycles. The third kappa shape index (κ3) is 3.73. The standard InChI is InChI=1S/C16H23BrO2/c1-3-11-4-6-15(18)12(8-11)9-13-10-14(17)5-7-16(13)19-2/h5,7,10-12,15,18H,3-4,6,8-9H2,1-2H3. The van der Waals surface area contributed by atoms with Gasteiger partial charge >= 0.3 is 0 Å². The van der Waals surface area contributed by atoms with Gasteiger partial charge in [-0.1, -0.05) is 29.3 Å². The van der Waals surface area contributed by atoms with Crippen LogP contribution in [0, 0.1) is 11.8 Å². The summed E-state index contributed by atoms with van der Waals surface area (Å²) >= 11 is 3.51. The third-order valence-electron chi connectivity index (χ3n) is 4.35. The van der Waals surface area contributed by atoms with Crippen LogP contribution < -0.4 is 4.74 Å². The van der Waals surface area contributed by atoms with E-state index in [1.54, 1.807) is 7.11 Å². The Kier molecular flexibility index (Phi) is 5.28. The SMILES string of the molecule is CCC1CCC(O)C(Cc2cc(Br)ccc2OC)C1. The van der Waals surface area contributed by atoms with Gasteiger partial charge in [0.2, 0.25) is 0 Å². The van der Waals surface area contributed by atoms with Gasteiger partial charge in [-0.3, -0.25) is 0 Å². The van der Waals surface area contributed by atoms with Crippen LogP contribution in [0.25, 0.3) is 0 Å². The van der Waals surface area contributed by atoms with Gasteiger partial charge in [0.05, 0.1) is 13.2 Å². The Morgan fingerprint density at radius 1 is 1.37 bits per heavy atom. The molecule has 3 atom stereocenters. The molecule has 0 saturated heterocycles. The summed E-state index contributed by atoms with van der Waals surface area (Å²) in [6, 6.07) is 6.10. The molecule has 2 nitrogen and oxygen atoms in total. The van der Waals surface area contributed by atoms with Crippen LogP contribution in [0.2, 0.25) is 0 Å². The lowest BCUT2D eigenvalue weighted by Crippen LogP contribution is -2.30. The molecule has 1 aliphatic carbocycles. The number of aliphatic hydroxyl groups excluding tert-OH is 1. The third-order valence-corrected chi connectivity index (χ3v) is 4.85. The van der Waals surface area contributed by atoms with E-state index >= 15 is 0 Å². The van der Waals surface area contributed by atoms with Crippen molar-refractivity contribution in [3.05, 3.63) is 28.2 Å². The van der Waals surface area contributed by atoms with Gasteiger partial charge < -0.3 is 9.84 Å². The first-order valence-electron chi connectivity index (χ1n) is 7.14. The van der Waals surface area contributed by atoms with Crippen molar-refractivity contribution < 1.29 is 9.84 Å². The lowest BCUT2D eigenvalue weighted by Gasteiger charge is -2.33. The van der Waals surface area contributed by atoms with E-state index in [-0.39, 0.29) is 6.10 Å². The zero-order valence-corrected chi connectivity index (χ0v) is 13.3. The fourth-order valence-corrected chi connectivity index (χ4v) is 3.53. The summed E-state index contributed by atoms with van der Waals surface area (Å²) in [6.45, 7) is 2.25. The van der Waals surface area contributed by atoms with Gasteiger partial charge in [0.1, 0.15) is 5.75 Å². The predicted molar refractivity (Wildman–Crippen MR) is 81.5 cm³/mol. The molecule has 0 radical (unpaired) electrons. The molecule has 0 amide bonds. The van der Waals surface area contributed by atoms with Gasteiger partial charge in [0.15, 0.2) is 0 Å². The summed E-state index contributed by atoms with van der Waals surface area (Å²) in [5.74, 6) is 2.06. The second-order valence-electron chi connectivity index (χ2n) is 5.58. The van der Waals surface area contributed by atoms with Gasteiger partial charge in [-0.25, -0.2) is 0 Å². The Bertz CT molecular complexity index is 419. The van der Waals surface area contributed by atoms with Crippen molar-refractivity contribution in [1.82, 2.24) is 0 Å². The van der Waals surface area contributed by atoms with Gasteiger partial charge in [0, 0.05) is 4.47 Å². The van der Waals surface area contributed by atoms with E-state index < -0.39 is 0 Å². The maximum atomic E-state index is 10.2. The summed E-state index contributed by atoms with van der Waals surface area (Å²) < 4.78 is 6.50. The quantitative estimate of drug-likeness (QED) is 0.899. The predicted octanol–water partition coefficient (Wildman–Crippen LogP) is 4.19. The van der Waals surface area contributed by atoms with Crippen molar-refractivity contribution in [1.29, 1.82) is 0 Å². The number of benzene rings is 1. The number of rotatable bonds is 4. The van der Waals surface area contributed by atoms with Gasteiger partial charge in [-0.05, 0) is 61.3 Å². The van der Waals surface area contributed by atoms with Crippen LogP contribution in [-0.2, 0) is 6.42 Å². The Morgan fingerprint density at radius 2 is 2.16 bits per heavy atom. The van der Waals surface area contributed by atoms with Crippen LogP contribution in [0.4, 0.5) is 0 Å². The fourth-order valence-electron chi connectivity index (χ4n) is 3.12. The molecule has 0 spiro atoms. The van der Waals surface area contributed by atoms with Crippen LogP contribution in [0.1, 0.15) is 38.2 Å². The summed E-state index contributed by atoms with van der Waals surface area (Å²) in [5, 5.41) is 10.2. The number of ether oxygens (including phenoxy) is 1. The van der Waals surface area contributed by atoms with Crippen molar-refractivity contribution >= 4 is 15.9 Å². The van der Waals surface area contributed by atoms with Crippen LogP contribution in [0.5, 0.6) is 5.75 Å². The van der Waals surface area contributed by atoms with Crippen molar-refractivity contribution in [3.8, 4) is 5.75 Å². The summed E-state index contributed by atoms with van der Waals surface area (Å²) in [7, 11) is 1.71. The highest BCUT2D eigenvalue weighted by molar-refractivity contribution is 9.10. The molecule has 106 valence electrons. The van der Waals surface area contributed by atoms with Gasteiger partial charge in [-0.2, -0.15) is 0 Å². The zero-order chi connectivity index (χ0) is 13.8. The van der Waals surface area contributed by atoms with Gasteiger partial charge in [-0.15, -0.1) is 0 Å². The number of halogens is 1. The number of aliphatic hydroxyl groups is 1. The average molecular weight is 327 g/mol. The molecule has 1 aromatic carbocycles. The molecule has 0 aromatic heterocycles. The summed E-state index contributed by atoms with van der Waals surface area (Å²) in [5.41, 5.74) is 1.19. The fraction of sp³-hybridized carbons (Fsp3) is 0.625.